The van der Waals surface area contributed by atoms with Crippen molar-refractivity contribution in [1.82, 2.24) is 4.98 Å². The first-order valence-electron chi connectivity index (χ1n) is 5.63. The van der Waals surface area contributed by atoms with Gasteiger partial charge in [0.05, 0.1) is 9.50 Å². The first kappa shape index (κ1) is 12.2. The van der Waals surface area contributed by atoms with E-state index in [0.29, 0.717) is 17.0 Å². The number of nitrogens with zero attached hydrogens (tertiary/aromatic N) is 1. The zero-order valence-corrected chi connectivity index (χ0v) is 11.6. The fourth-order valence-electron chi connectivity index (χ4n) is 1.99. The van der Waals surface area contributed by atoms with E-state index in [-0.39, 0.29) is 0 Å². The molecule has 88 valence electrons. The van der Waals surface area contributed by atoms with Crippen LogP contribution < -0.4 is 4.74 Å². The minimum Gasteiger partial charge on any atom is -0.474 e. The van der Waals surface area contributed by atoms with E-state index in [9.17, 15) is 0 Å². The van der Waals surface area contributed by atoms with Crippen LogP contribution >= 0.6 is 27.5 Å². The van der Waals surface area contributed by atoms with Crippen molar-refractivity contribution in [1.29, 1.82) is 0 Å². The maximum Gasteiger partial charge on any atom is 0.228 e. The lowest BCUT2D eigenvalue weighted by atomic mass is 9.89. The Balaban J connectivity index is 1.98. The molecule has 0 saturated heterocycles. The Hall–Kier alpha value is -0.280. The fourth-order valence-corrected chi connectivity index (χ4v) is 2.73. The molecule has 2 rings (SSSR count). The molecule has 4 heteroatoms. The second kappa shape index (κ2) is 5.37. The summed E-state index contributed by atoms with van der Waals surface area (Å²) in [6.45, 7) is 2.30. The molecule has 1 heterocycles. The van der Waals surface area contributed by atoms with E-state index in [1.807, 2.05) is 6.07 Å². The van der Waals surface area contributed by atoms with Gasteiger partial charge in [0.1, 0.15) is 6.10 Å². The van der Waals surface area contributed by atoms with Crippen molar-refractivity contribution in [2.75, 3.05) is 0 Å². The molecule has 1 aromatic rings. The zero-order chi connectivity index (χ0) is 11.5. The van der Waals surface area contributed by atoms with Crippen LogP contribution in [0.1, 0.15) is 32.6 Å². The lowest BCUT2D eigenvalue weighted by Gasteiger charge is -2.26. The van der Waals surface area contributed by atoms with Gasteiger partial charge in [-0.1, -0.05) is 18.5 Å². The van der Waals surface area contributed by atoms with Gasteiger partial charge >= 0.3 is 0 Å². The molecule has 0 radical (unpaired) electrons. The van der Waals surface area contributed by atoms with Crippen molar-refractivity contribution in [3.63, 3.8) is 0 Å². The Morgan fingerprint density at radius 1 is 1.38 bits per heavy atom. The molecule has 0 amide bonds. The van der Waals surface area contributed by atoms with E-state index in [2.05, 4.69) is 27.8 Å². The summed E-state index contributed by atoms with van der Waals surface area (Å²) in [5, 5.41) is 0.622. The fraction of sp³-hybridized carbons (Fsp3) is 0.583. The Bertz CT molecular complexity index is 364. The molecule has 2 nitrogen and oxygen atoms in total. The lowest BCUT2D eigenvalue weighted by Crippen LogP contribution is -2.23. The summed E-state index contributed by atoms with van der Waals surface area (Å²) < 4.78 is 6.70. The number of pyridine rings is 1. The van der Waals surface area contributed by atoms with E-state index in [1.165, 1.54) is 12.8 Å². The highest BCUT2D eigenvalue weighted by molar-refractivity contribution is 9.10. The van der Waals surface area contributed by atoms with Crippen molar-refractivity contribution >= 4 is 27.5 Å². The molecule has 1 fully saturated rings. The first-order chi connectivity index (χ1) is 7.65. The van der Waals surface area contributed by atoms with Crippen molar-refractivity contribution < 1.29 is 4.74 Å². The first-order valence-corrected chi connectivity index (χ1v) is 6.80. The molecule has 0 spiro atoms. The molecule has 1 aliphatic carbocycles. The number of halogens is 2. The van der Waals surface area contributed by atoms with E-state index in [4.69, 9.17) is 16.3 Å². The number of hydrogen-bond donors (Lipinski definition) is 0. The van der Waals surface area contributed by atoms with Crippen LogP contribution in [0.4, 0.5) is 0 Å². The van der Waals surface area contributed by atoms with Gasteiger partial charge in [-0.3, -0.25) is 0 Å². The van der Waals surface area contributed by atoms with Gasteiger partial charge in [0.25, 0.3) is 0 Å². The third kappa shape index (κ3) is 3.11. The minimum absolute atomic E-state index is 0.307. The molecule has 1 saturated carbocycles. The van der Waals surface area contributed by atoms with E-state index >= 15 is 0 Å². The van der Waals surface area contributed by atoms with Crippen LogP contribution in [0.2, 0.25) is 5.02 Å². The van der Waals surface area contributed by atoms with Crippen LogP contribution in [-0.2, 0) is 0 Å². The molecule has 0 unspecified atom stereocenters. The SMILES string of the molecule is CC1CCC(Oc2ncc(Cl)cc2Br)CC1. The van der Waals surface area contributed by atoms with Gasteiger partial charge in [0.2, 0.25) is 5.88 Å². The highest BCUT2D eigenvalue weighted by Crippen LogP contribution is 2.30. The third-order valence-corrected chi connectivity index (χ3v) is 3.79. The topological polar surface area (TPSA) is 22.1 Å². The number of aromatic nitrogens is 1. The maximum absolute atomic E-state index is 5.87. The highest BCUT2D eigenvalue weighted by Gasteiger charge is 2.20. The minimum atomic E-state index is 0.307. The molecular formula is C12H15BrClNO. The zero-order valence-electron chi connectivity index (χ0n) is 9.25. The van der Waals surface area contributed by atoms with Crippen LogP contribution in [0.25, 0.3) is 0 Å². The molecule has 1 aromatic heterocycles. The predicted molar refractivity (Wildman–Crippen MR) is 69.0 cm³/mol. The van der Waals surface area contributed by atoms with Crippen molar-refractivity contribution in [2.45, 2.75) is 38.7 Å². The monoisotopic (exact) mass is 303 g/mol. The van der Waals surface area contributed by atoms with E-state index < -0.39 is 0 Å². The van der Waals surface area contributed by atoms with Crippen molar-refractivity contribution in [2.24, 2.45) is 5.92 Å². The van der Waals surface area contributed by atoms with Crippen LogP contribution in [0.5, 0.6) is 5.88 Å². The molecule has 0 aliphatic heterocycles. The Labute approximate surface area is 109 Å². The quantitative estimate of drug-likeness (QED) is 0.805. The van der Waals surface area contributed by atoms with Crippen LogP contribution in [0, 0.1) is 5.92 Å². The molecule has 0 N–H and O–H groups in total. The van der Waals surface area contributed by atoms with Gasteiger partial charge in [-0.15, -0.1) is 0 Å². The molecular weight excluding hydrogens is 289 g/mol. The number of rotatable bonds is 2. The summed E-state index contributed by atoms with van der Waals surface area (Å²) in [4.78, 5) is 4.19. The van der Waals surface area contributed by atoms with Gasteiger partial charge in [-0.05, 0) is 53.6 Å². The molecule has 0 aromatic carbocycles. The molecule has 1 aliphatic rings. The van der Waals surface area contributed by atoms with Crippen LogP contribution in [0.15, 0.2) is 16.7 Å². The van der Waals surface area contributed by atoms with Crippen LogP contribution in [-0.4, -0.2) is 11.1 Å². The largest absolute Gasteiger partial charge is 0.474 e. The Morgan fingerprint density at radius 2 is 2.06 bits per heavy atom. The standard InChI is InChI=1S/C12H15BrClNO/c1-8-2-4-10(5-3-8)16-12-11(13)6-9(14)7-15-12/h6-8,10H,2-5H2,1H3. The number of hydrogen-bond acceptors (Lipinski definition) is 2. The summed E-state index contributed by atoms with van der Waals surface area (Å²) in [6, 6.07) is 1.81. The summed E-state index contributed by atoms with van der Waals surface area (Å²) in [5.41, 5.74) is 0. The van der Waals surface area contributed by atoms with Gasteiger partial charge in [0.15, 0.2) is 0 Å². The average molecular weight is 305 g/mol. The summed E-state index contributed by atoms with van der Waals surface area (Å²) >= 11 is 9.24. The summed E-state index contributed by atoms with van der Waals surface area (Å²) in [5.74, 6) is 1.49. The Morgan fingerprint density at radius 3 is 2.69 bits per heavy atom. The van der Waals surface area contributed by atoms with Gasteiger partial charge < -0.3 is 4.74 Å². The van der Waals surface area contributed by atoms with Gasteiger partial charge in [-0.25, -0.2) is 4.98 Å². The average Bonchev–Trinajstić information content (AvgIpc) is 2.25. The van der Waals surface area contributed by atoms with E-state index in [0.717, 1.165) is 23.2 Å². The molecule has 0 bridgehead atoms. The maximum atomic E-state index is 5.87. The molecule has 0 atom stereocenters. The van der Waals surface area contributed by atoms with E-state index in [1.54, 1.807) is 6.20 Å². The second-order valence-electron chi connectivity index (χ2n) is 4.44. The van der Waals surface area contributed by atoms with Gasteiger partial charge in [0, 0.05) is 6.20 Å². The lowest BCUT2D eigenvalue weighted by molar-refractivity contribution is 0.129. The third-order valence-electron chi connectivity index (χ3n) is 3.02. The summed E-state index contributed by atoms with van der Waals surface area (Å²) in [7, 11) is 0. The van der Waals surface area contributed by atoms with Crippen LogP contribution in [0.3, 0.4) is 0 Å². The van der Waals surface area contributed by atoms with Crippen molar-refractivity contribution in [3.05, 3.63) is 21.8 Å². The molecule has 16 heavy (non-hydrogen) atoms. The normalized spacial score (nSPS) is 25.4. The second-order valence-corrected chi connectivity index (χ2v) is 5.73. The smallest absolute Gasteiger partial charge is 0.228 e. The van der Waals surface area contributed by atoms with Crippen molar-refractivity contribution in [3.8, 4) is 5.88 Å². The number of ether oxygens (including phenoxy) is 1. The predicted octanol–water partition coefficient (Wildman–Crippen LogP) is 4.46. The highest BCUT2D eigenvalue weighted by atomic mass is 79.9. The van der Waals surface area contributed by atoms with Gasteiger partial charge in [-0.2, -0.15) is 0 Å². The Kier molecular flexibility index (Phi) is 4.09. The summed E-state index contributed by atoms with van der Waals surface area (Å²) in [6.07, 6.45) is 6.66.